The smallest absolute Gasteiger partial charge is 0.475 e. The first-order valence-electron chi connectivity index (χ1n) is 10.3. The van der Waals surface area contributed by atoms with Crippen LogP contribution >= 0.6 is 7.82 Å². The van der Waals surface area contributed by atoms with Gasteiger partial charge in [-0.2, -0.15) is 0 Å². The maximum atomic E-state index is 12.9. The minimum absolute atomic E-state index is 0.155. The van der Waals surface area contributed by atoms with Gasteiger partial charge in [-0.1, -0.05) is 44.5 Å². The molecule has 1 aromatic rings. The van der Waals surface area contributed by atoms with Gasteiger partial charge in [-0.25, -0.2) is 4.57 Å². The third kappa shape index (κ3) is 6.70. The zero-order valence-corrected chi connectivity index (χ0v) is 18.0. The predicted octanol–water partition coefficient (Wildman–Crippen LogP) is 5.56. The Kier molecular flexibility index (Phi) is 9.16. The molecule has 0 bridgehead atoms. The first-order valence-corrected chi connectivity index (χ1v) is 11.7. The molecule has 0 radical (unpaired) electrons. The van der Waals surface area contributed by atoms with Crippen molar-refractivity contribution in [2.24, 2.45) is 5.92 Å². The number of carboxylic acid groups (broad SMARTS) is 1. The molecule has 1 fully saturated rings. The summed E-state index contributed by atoms with van der Waals surface area (Å²) in [6.07, 6.45) is 5.00. The van der Waals surface area contributed by atoms with Gasteiger partial charge < -0.3 is 5.11 Å². The number of rotatable bonds is 12. The predicted molar refractivity (Wildman–Crippen MR) is 109 cm³/mol. The summed E-state index contributed by atoms with van der Waals surface area (Å²) in [5.74, 6) is -1.10. The zero-order valence-electron chi connectivity index (χ0n) is 17.1. The molecule has 1 aliphatic rings. The molecule has 3 atom stereocenters. The van der Waals surface area contributed by atoms with Crippen molar-refractivity contribution in [1.29, 1.82) is 0 Å². The van der Waals surface area contributed by atoms with Gasteiger partial charge in [-0.05, 0) is 56.1 Å². The molecule has 0 aromatic heterocycles. The summed E-state index contributed by atoms with van der Waals surface area (Å²) < 4.78 is 29.8. The Morgan fingerprint density at radius 1 is 1.14 bits per heavy atom. The fourth-order valence-electron chi connectivity index (χ4n) is 3.43. The highest BCUT2D eigenvalue weighted by Gasteiger charge is 2.37. The number of hydrogen-bond donors (Lipinski definition) is 1. The van der Waals surface area contributed by atoms with E-state index >= 15 is 0 Å². The molecule has 0 saturated heterocycles. The van der Waals surface area contributed by atoms with E-state index in [0.717, 1.165) is 49.7 Å². The average molecular weight is 412 g/mol. The lowest BCUT2D eigenvalue weighted by Gasteiger charge is -2.25. The summed E-state index contributed by atoms with van der Waals surface area (Å²) >= 11 is 0. The lowest BCUT2D eigenvalue weighted by molar-refractivity contribution is -0.138. The number of hydrogen-bond acceptors (Lipinski definition) is 5. The molecule has 0 amide bonds. The molecule has 1 aromatic carbocycles. The average Bonchev–Trinajstić information content (AvgIpc) is 3.11. The Balaban J connectivity index is 2.01. The summed E-state index contributed by atoms with van der Waals surface area (Å²) in [6, 6.07) is 7.70. The van der Waals surface area contributed by atoms with Crippen LogP contribution in [0.1, 0.15) is 69.9 Å². The van der Waals surface area contributed by atoms with Gasteiger partial charge in [0.25, 0.3) is 0 Å². The molecular formula is C21H33O6P. The first kappa shape index (κ1) is 23.1. The topological polar surface area (TPSA) is 82.1 Å². The van der Waals surface area contributed by atoms with E-state index in [1.165, 1.54) is 0 Å². The molecule has 0 unspecified atom stereocenters. The second-order valence-corrected chi connectivity index (χ2v) is 9.08. The molecule has 1 aliphatic carbocycles. The first-order chi connectivity index (χ1) is 13.4. The number of carbonyl (C=O) groups is 1. The standard InChI is InChI=1S/C21H33O6P/c1-4-13-25-28(24,26-14-5-2)27-20-8-6-7-19(20)15-17-9-11-18(12-10-17)16(3)21(22)23/h9-12,16,19-20H,4-8,13-15H2,1-3H3,(H,22,23)/t16-,19+,20-/m0/s1. The van der Waals surface area contributed by atoms with E-state index in [2.05, 4.69) is 0 Å². The van der Waals surface area contributed by atoms with Crippen molar-refractivity contribution in [3.05, 3.63) is 35.4 Å². The Bertz CT molecular complexity index is 647. The highest BCUT2D eigenvalue weighted by molar-refractivity contribution is 7.48. The van der Waals surface area contributed by atoms with Crippen LogP contribution in [0.2, 0.25) is 0 Å². The maximum Gasteiger partial charge on any atom is 0.475 e. The van der Waals surface area contributed by atoms with E-state index in [-0.39, 0.29) is 12.0 Å². The molecule has 7 heteroatoms. The van der Waals surface area contributed by atoms with Crippen molar-refractivity contribution in [2.75, 3.05) is 13.2 Å². The molecule has 1 N–H and O–H groups in total. The number of carboxylic acids is 1. The summed E-state index contributed by atoms with van der Waals surface area (Å²) in [4.78, 5) is 11.1. The number of benzene rings is 1. The quantitative estimate of drug-likeness (QED) is 0.452. The van der Waals surface area contributed by atoms with Crippen molar-refractivity contribution in [2.45, 2.75) is 71.3 Å². The molecule has 0 spiro atoms. The number of phosphoric ester groups is 1. The van der Waals surface area contributed by atoms with Gasteiger partial charge in [0.1, 0.15) is 0 Å². The van der Waals surface area contributed by atoms with Crippen molar-refractivity contribution in [1.82, 2.24) is 0 Å². The van der Waals surface area contributed by atoms with Gasteiger partial charge in [-0.3, -0.25) is 18.4 Å². The van der Waals surface area contributed by atoms with Crippen LogP contribution in [0.15, 0.2) is 24.3 Å². The van der Waals surface area contributed by atoms with Crippen LogP contribution < -0.4 is 0 Å². The van der Waals surface area contributed by atoms with Crippen molar-refractivity contribution >= 4 is 13.8 Å². The summed E-state index contributed by atoms with van der Waals surface area (Å²) in [6.45, 7) is 6.29. The third-order valence-electron chi connectivity index (χ3n) is 5.11. The zero-order chi connectivity index (χ0) is 20.6. The van der Waals surface area contributed by atoms with E-state index in [1.807, 2.05) is 38.1 Å². The second kappa shape index (κ2) is 11.1. The Morgan fingerprint density at radius 3 is 2.29 bits per heavy atom. The van der Waals surface area contributed by atoms with Crippen molar-refractivity contribution in [3.8, 4) is 0 Å². The molecule has 2 rings (SSSR count). The fraction of sp³-hybridized carbons (Fsp3) is 0.667. The van der Waals surface area contributed by atoms with Crippen LogP contribution in [0, 0.1) is 5.92 Å². The summed E-state index contributed by atoms with van der Waals surface area (Å²) in [5.41, 5.74) is 1.92. The minimum Gasteiger partial charge on any atom is -0.481 e. The number of phosphoric acid groups is 1. The minimum atomic E-state index is -3.54. The SMILES string of the molecule is CCCOP(=O)(OCCC)O[C@H]1CCC[C@@H]1Cc1ccc([C@H](C)C(=O)O)cc1. The largest absolute Gasteiger partial charge is 0.481 e. The molecule has 0 heterocycles. The van der Waals surface area contributed by atoms with Gasteiger partial charge in [0, 0.05) is 0 Å². The van der Waals surface area contributed by atoms with Gasteiger partial charge in [0.15, 0.2) is 0 Å². The summed E-state index contributed by atoms with van der Waals surface area (Å²) in [5, 5.41) is 9.13. The van der Waals surface area contributed by atoms with Crippen LogP contribution in [0.3, 0.4) is 0 Å². The lowest BCUT2D eigenvalue weighted by atomic mass is 9.94. The van der Waals surface area contributed by atoms with Gasteiger partial charge in [0.05, 0.1) is 25.2 Å². The molecule has 158 valence electrons. The highest BCUT2D eigenvalue weighted by Crippen LogP contribution is 2.53. The Morgan fingerprint density at radius 2 is 1.75 bits per heavy atom. The summed E-state index contributed by atoms with van der Waals surface area (Å²) in [7, 11) is -3.54. The monoisotopic (exact) mass is 412 g/mol. The number of aliphatic carboxylic acids is 1. The van der Waals surface area contributed by atoms with Gasteiger partial charge in [-0.15, -0.1) is 0 Å². The van der Waals surface area contributed by atoms with Crippen molar-refractivity contribution < 1.29 is 28.0 Å². The normalized spacial score (nSPS) is 21.0. The maximum absolute atomic E-state index is 12.9. The van der Waals surface area contributed by atoms with Crippen molar-refractivity contribution in [3.63, 3.8) is 0 Å². The van der Waals surface area contributed by atoms with E-state index in [4.69, 9.17) is 18.7 Å². The van der Waals surface area contributed by atoms with E-state index in [9.17, 15) is 9.36 Å². The molecule has 28 heavy (non-hydrogen) atoms. The Labute approximate surface area is 168 Å². The lowest BCUT2D eigenvalue weighted by Crippen LogP contribution is -2.20. The van der Waals surface area contributed by atoms with Crippen LogP contribution in [0.25, 0.3) is 0 Å². The molecule has 6 nitrogen and oxygen atoms in total. The van der Waals surface area contributed by atoms with Crippen LogP contribution in [-0.2, 0) is 29.4 Å². The second-order valence-electron chi connectivity index (χ2n) is 7.45. The Hall–Kier alpha value is -1.20. The molecule has 1 saturated carbocycles. The van der Waals surface area contributed by atoms with E-state index in [0.29, 0.717) is 13.2 Å². The molecular weight excluding hydrogens is 379 g/mol. The van der Waals surface area contributed by atoms with E-state index < -0.39 is 19.7 Å². The van der Waals surface area contributed by atoms with Crippen LogP contribution in [-0.4, -0.2) is 30.4 Å². The van der Waals surface area contributed by atoms with E-state index in [1.54, 1.807) is 6.92 Å². The van der Waals surface area contributed by atoms with Gasteiger partial charge in [0.2, 0.25) is 0 Å². The highest BCUT2D eigenvalue weighted by atomic mass is 31.2. The fourth-order valence-corrected chi connectivity index (χ4v) is 5.05. The van der Waals surface area contributed by atoms with Gasteiger partial charge >= 0.3 is 13.8 Å². The third-order valence-corrected chi connectivity index (χ3v) is 6.64. The van der Waals surface area contributed by atoms with Crippen LogP contribution in [0.5, 0.6) is 0 Å². The molecule has 0 aliphatic heterocycles. The van der Waals surface area contributed by atoms with Crippen LogP contribution in [0.4, 0.5) is 0 Å².